The zero-order valence-electron chi connectivity index (χ0n) is 12.3. The highest BCUT2D eigenvalue weighted by Crippen LogP contribution is 2.22. The summed E-state index contributed by atoms with van der Waals surface area (Å²) in [7, 11) is 0. The monoisotopic (exact) mass is 274 g/mol. The van der Waals surface area contributed by atoms with E-state index in [0.29, 0.717) is 18.9 Å². The fourth-order valence-electron chi connectivity index (χ4n) is 1.85. The molecule has 108 valence electrons. The number of hydrogen-bond acceptors (Lipinski definition) is 5. The van der Waals surface area contributed by atoms with Crippen molar-refractivity contribution >= 4 is 22.7 Å². The van der Waals surface area contributed by atoms with Crippen LogP contribution in [0.4, 0.5) is 11.8 Å². The molecule has 1 heterocycles. The normalized spacial score (nSPS) is 14.0. The molecule has 0 radical (unpaired) electrons. The number of rotatable bonds is 6. The van der Waals surface area contributed by atoms with E-state index in [4.69, 9.17) is 0 Å². The summed E-state index contributed by atoms with van der Waals surface area (Å²) in [5, 5.41) is 17.4. The molecular formula is C15H22N4O. The summed E-state index contributed by atoms with van der Waals surface area (Å²) in [6, 6.07) is 7.86. The number of para-hydroxylation sites is 1. The van der Waals surface area contributed by atoms with Crippen LogP contribution in [-0.4, -0.2) is 33.8 Å². The Labute approximate surface area is 119 Å². The number of hydrogen-bond donors (Lipinski definition) is 3. The van der Waals surface area contributed by atoms with Crippen molar-refractivity contribution in [3.8, 4) is 0 Å². The Morgan fingerprint density at radius 1 is 1.15 bits per heavy atom. The first kappa shape index (κ1) is 14.5. The maximum absolute atomic E-state index is 10.1. The number of aromatic nitrogens is 2. The lowest BCUT2D eigenvalue weighted by molar-refractivity contribution is 0.0697. The van der Waals surface area contributed by atoms with Gasteiger partial charge in [0.2, 0.25) is 5.95 Å². The van der Waals surface area contributed by atoms with Gasteiger partial charge in [-0.3, -0.25) is 0 Å². The van der Waals surface area contributed by atoms with Crippen LogP contribution < -0.4 is 10.6 Å². The summed E-state index contributed by atoms with van der Waals surface area (Å²) in [4.78, 5) is 8.95. The SMILES string of the molecule is CCNc1nc(NCC(C)(O)CC)c2ccccc2n1. The molecule has 0 fully saturated rings. The predicted molar refractivity (Wildman–Crippen MR) is 83.1 cm³/mol. The minimum absolute atomic E-state index is 0.454. The molecule has 0 spiro atoms. The van der Waals surface area contributed by atoms with Crippen LogP contribution in [0.5, 0.6) is 0 Å². The molecule has 1 aromatic heterocycles. The van der Waals surface area contributed by atoms with E-state index in [1.807, 2.05) is 45.0 Å². The van der Waals surface area contributed by atoms with Gasteiger partial charge in [0.05, 0.1) is 11.1 Å². The molecule has 0 bridgehead atoms. The summed E-state index contributed by atoms with van der Waals surface area (Å²) >= 11 is 0. The number of fused-ring (bicyclic) bond motifs is 1. The Morgan fingerprint density at radius 2 is 1.90 bits per heavy atom. The van der Waals surface area contributed by atoms with Crippen LogP contribution in [0.3, 0.4) is 0 Å². The molecule has 0 amide bonds. The molecule has 0 saturated carbocycles. The largest absolute Gasteiger partial charge is 0.388 e. The zero-order chi connectivity index (χ0) is 14.6. The molecule has 1 atom stereocenters. The smallest absolute Gasteiger partial charge is 0.225 e. The third-order valence-electron chi connectivity index (χ3n) is 3.34. The van der Waals surface area contributed by atoms with Crippen molar-refractivity contribution in [3.05, 3.63) is 24.3 Å². The van der Waals surface area contributed by atoms with Gasteiger partial charge in [-0.2, -0.15) is 4.98 Å². The van der Waals surface area contributed by atoms with E-state index >= 15 is 0 Å². The van der Waals surface area contributed by atoms with Crippen LogP contribution in [0, 0.1) is 0 Å². The molecule has 0 saturated heterocycles. The summed E-state index contributed by atoms with van der Waals surface area (Å²) in [5.74, 6) is 1.35. The Balaban J connectivity index is 2.34. The predicted octanol–water partition coefficient (Wildman–Crippen LogP) is 2.63. The first-order valence-electron chi connectivity index (χ1n) is 7.02. The molecule has 0 aliphatic rings. The minimum atomic E-state index is -0.746. The second-order valence-electron chi connectivity index (χ2n) is 5.15. The number of nitrogens with zero attached hydrogens (tertiary/aromatic N) is 2. The van der Waals surface area contributed by atoms with E-state index < -0.39 is 5.60 Å². The average Bonchev–Trinajstić information content (AvgIpc) is 2.45. The fraction of sp³-hybridized carbons (Fsp3) is 0.467. The van der Waals surface area contributed by atoms with Crippen molar-refractivity contribution in [3.63, 3.8) is 0 Å². The van der Waals surface area contributed by atoms with Gasteiger partial charge in [0.1, 0.15) is 5.82 Å². The van der Waals surface area contributed by atoms with Crippen molar-refractivity contribution in [1.29, 1.82) is 0 Å². The van der Waals surface area contributed by atoms with Gasteiger partial charge in [0, 0.05) is 18.5 Å². The molecule has 20 heavy (non-hydrogen) atoms. The second-order valence-corrected chi connectivity index (χ2v) is 5.15. The molecule has 1 unspecified atom stereocenters. The third-order valence-corrected chi connectivity index (χ3v) is 3.34. The van der Waals surface area contributed by atoms with E-state index in [2.05, 4.69) is 20.6 Å². The molecule has 0 aliphatic carbocycles. The number of benzene rings is 1. The van der Waals surface area contributed by atoms with Crippen molar-refractivity contribution in [2.24, 2.45) is 0 Å². The Bertz CT molecular complexity index is 583. The van der Waals surface area contributed by atoms with E-state index in [-0.39, 0.29) is 0 Å². The van der Waals surface area contributed by atoms with Crippen molar-refractivity contribution in [1.82, 2.24) is 9.97 Å². The van der Waals surface area contributed by atoms with Gasteiger partial charge in [0.15, 0.2) is 0 Å². The highest BCUT2D eigenvalue weighted by Gasteiger charge is 2.18. The van der Waals surface area contributed by atoms with Crippen molar-refractivity contribution < 1.29 is 5.11 Å². The fourth-order valence-corrected chi connectivity index (χ4v) is 1.85. The summed E-state index contributed by atoms with van der Waals surface area (Å²) < 4.78 is 0. The standard InChI is InChI=1S/C15H22N4O/c1-4-15(3,20)10-17-13-11-8-6-7-9-12(11)18-14(19-13)16-5-2/h6-9,20H,4-5,10H2,1-3H3,(H2,16,17,18,19). The molecule has 1 aromatic carbocycles. The second kappa shape index (κ2) is 6.05. The van der Waals surface area contributed by atoms with Crippen LogP contribution in [0.25, 0.3) is 10.9 Å². The third kappa shape index (κ3) is 3.36. The quantitative estimate of drug-likeness (QED) is 0.755. The lowest BCUT2D eigenvalue weighted by Crippen LogP contribution is -2.32. The molecule has 5 heteroatoms. The molecule has 2 aromatic rings. The number of aliphatic hydroxyl groups is 1. The summed E-state index contributed by atoms with van der Waals surface area (Å²) in [5.41, 5.74) is 0.141. The van der Waals surface area contributed by atoms with Gasteiger partial charge >= 0.3 is 0 Å². The molecule has 5 nitrogen and oxygen atoms in total. The van der Waals surface area contributed by atoms with Gasteiger partial charge in [-0.1, -0.05) is 19.1 Å². The van der Waals surface area contributed by atoms with Crippen molar-refractivity contribution in [2.75, 3.05) is 23.7 Å². The van der Waals surface area contributed by atoms with Gasteiger partial charge < -0.3 is 15.7 Å². The van der Waals surface area contributed by atoms with E-state index in [9.17, 15) is 5.11 Å². The van der Waals surface area contributed by atoms with Crippen LogP contribution in [-0.2, 0) is 0 Å². The van der Waals surface area contributed by atoms with E-state index in [1.54, 1.807) is 0 Å². The number of anilines is 2. The lowest BCUT2D eigenvalue weighted by atomic mass is 10.0. The van der Waals surface area contributed by atoms with Crippen LogP contribution >= 0.6 is 0 Å². The Morgan fingerprint density at radius 3 is 2.60 bits per heavy atom. The van der Waals surface area contributed by atoms with Crippen LogP contribution in [0.15, 0.2) is 24.3 Å². The minimum Gasteiger partial charge on any atom is -0.388 e. The van der Waals surface area contributed by atoms with Gasteiger partial charge in [-0.15, -0.1) is 0 Å². The highest BCUT2D eigenvalue weighted by molar-refractivity contribution is 5.90. The Kier molecular flexibility index (Phi) is 4.39. The van der Waals surface area contributed by atoms with Gasteiger partial charge in [-0.25, -0.2) is 4.98 Å². The lowest BCUT2D eigenvalue weighted by Gasteiger charge is -2.22. The van der Waals surface area contributed by atoms with Crippen molar-refractivity contribution in [2.45, 2.75) is 32.8 Å². The summed E-state index contributed by atoms with van der Waals surface area (Å²) in [6.45, 7) is 7.01. The molecular weight excluding hydrogens is 252 g/mol. The topological polar surface area (TPSA) is 70.1 Å². The zero-order valence-corrected chi connectivity index (χ0v) is 12.3. The molecule has 2 rings (SSSR count). The molecule has 3 N–H and O–H groups in total. The highest BCUT2D eigenvalue weighted by atomic mass is 16.3. The maximum Gasteiger partial charge on any atom is 0.225 e. The average molecular weight is 274 g/mol. The van der Waals surface area contributed by atoms with Gasteiger partial charge in [0.25, 0.3) is 0 Å². The maximum atomic E-state index is 10.1. The van der Waals surface area contributed by atoms with E-state index in [0.717, 1.165) is 23.3 Å². The van der Waals surface area contributed by atoms with E-state index in [1.165, 1.54) is 0 Å². The number of nitrogens with one attached hydrogen (secondary N) is 2. The van der Waals surface area contributed by atoms with Gasteiger partial charge in [-0.05, 0) is 32.4 Å². The summed E-state index contributed by atoms with van der Waals surface area (Å²) in [6.07, 6.45) is 0.684. The van der Waals surface area contributed by atoms with Crippen LogP contribution in [0.1, 0.15) is 27.2 Å². The van der Waals surface area contributed by atoms with Crippen LogP contribution in [0.2, 0.25) is 0 Å². The molecule has 0 aliphatic heterocycles. The first-order chi connectivity index (χ1) is 9.55. The Hall–Kier alpha value is -1.88. The first-order valence-corrected chi connectivity index (χ1v) is 7.02.